The topological polar surface area (TPSA) is 15.6 Å². The van der Waals surface area contributed by atoms with Gasteiger partial charge in [0.1, 0.15) is 5.84 Å². The van der Waals surface area contributed by atoms with Crippen molar-refractivity contribution in [1.82, 2.24) is 4.90 Å². The summed E-state index contributed by atoms with van der Waals surface area (Å²) in [7, 11) is 0. The summed E-state index contributed by atoms with van der Waals surface area (Å²) in [5.41, 5.74) is 2.68. The Morgan fingerprint density at radius 2 is 2.10 bits per heavy atom. The molecule has 1 aliphatic heterocycles. The second-order valence-electron chi connectivity index (χ2n) is 6.10. The lowest BCUT2D eigenvalue weighted by Crippen LogP contribution is -2.43. The number of amidine groups is 1. The molecule has 0 unspecified atom stereocenters. The Balaban J connectivity index is 3.21. The van der Waals surface area contributed by atoms with Crippen LogP contribution >= 0.6 is 0 Å². The van der Waals surface area contributed by atoms with Crippen molar-refractivity contribution in [3.8, 4) is 0 Å². The molecular weight excluding hydrogens is 256 g/mol. The molecule has 1 rings (SSSR count). The molecule has 0 radical (unpaired) electrons. The minimum absolute atomic E-state index is 0.506. The summed E-state index contributed by atoms with van der Waals surface area (Å²) in [6, 6.07) is 0.558. The average molecular weight is 288 g/mol. The Morgan fingerprint density at radius 3 is 2.57 bits per heavy atom. The molecule has 0 N–H and O–H groups in total. The van der Waals surface area contributed by atoms with E-state index >= 15 is 0 Å². The molecule has 1 saturated heterocycles. The molecule has 118 valence electrons. The molecule has 2 nitrogen and oxygen atoms in total. The summed E-state index contributed by atoms with van der Waals surface area (Å²) < 4.78 is 0. The average Bonchev–Trinajstić information content (AvgIpc) is 2.46. The smallest absolute Gasteiger partial charge is 0.135 e. The van der Waals surface area contributed by atoms with Crippen LogP contribution in [0, 0.1) is 5.92 Å². The molecule has 0 aromatic rings. The third kappa shape index (κ3) is 4.59. The Kier molecular flexibility index (Phi) is 7.49. The quantitative estimate of drug-likeness (QED) is 0.379. The number of hydrogen-bond donors (Lipinski definition) is 0. The minimum atomic E-state index is 0.506. The van der Waals surface area contributed by atoms with Gasteiger partial charge in [0.25, 0.3) is 0 Å². The van der Waals surface area contributed by atoms with Crippen molar-refractivity contribution >= 4 is 5.84 Å². The summed E-state index contributed by atoms with van der Waals surface area (Å²) in [5, 5.41) is 0. The molecule has 0 aromatic heterocycles. The molecule has 1 fully saturated rings. The first kappa shape index (κ1) is 17.7. The van der Waals surface area contributed by atoms with Crippen molar-refractivity contribution in [2.24, 2.45) is 10.9 Å². The highest BCUT2D eigenvalue weighted by atomic mass is 15.2. The van der Waals surface area contributed by atoms with Crippen LogP contribution in [0.4, 0.5) is 0 Å². The van der Waals surface area contributed by atoms with Gasteiger partial charge in [-0.1, -0.05) is 39.5 Å². The third-order valence-corrected chi connectivity index (χ3v) is 4.18. The fourth-order valence-electron chi connectivity index (χ4n) is 3.10. The van der Waals surface area contributed by atoms with Gasteiger partial charge in [0, 0.05) is 24.4 Å². The van der Waals surface area contributed by atoms with Crippen LogP contribution in [-0.4, -0.2) is 23.3 Å². The number of allylic oxidation sites excluding steroid dienone is 2. The fourth-order valence-corrected chi connectivity index (χ4v) is 3.10. The van der Waals surface area contributed by atoms with Gasteiger partial charge >= 0.3 is 0 Å². The van der Waals surface area contributed by atoms with E-state index in [9.17, 15) is 0 Å². The monoisotopic (exact) mass is 288 g/mol. The number of hydrogen-bond acceptors (Lipinski definition) is 1. The lowest BCUT2D eigenvalue weighted by Gasteiger charge is -2.37. The Bertz CT molecular complexity index is 427. The summed E-state index contributed by atoms with van der Waals surface area (Å²) >= 11 is 0. The maximum Gasteiger partial charge on any atom is 0.135 e. The molecule has 0 spiro atoms. The van der Waals surface area contributed by atoms with Crippen LogP contribution in [0.15, 0.2) is 41.1 Å². The van der Waals surface area contributed by atoms with Crippen molar-refractivity contribution in [3.63, 3.8) is 0 Å². The third-order valence-electron chi connectivity index (χ3n) is 4.18. The van der Waals surface area contributed by atoms with E-state index in [1.54, 1.807) is 6.20 Å². The molecular formula is C19H32N2. The highest BCUT2D eigenvalue weighted by molar-refractivity contribution is 6.02. The van der Waals surface area contributed by atoms with Gasteiger partial charge in [-0.15, -0.1) is 0 Å². The van der Waals surface area contributed by atoms with Crippen molar-refractivity contribution in [2.45, 2.75) is 66.3 Å². The normalized spacial score (nSPS) is 21.9. The first-order valence-electron chi connectivity index (χ1n) is 8.39. The van der Waals surface area contributed by atoms with Crippen molar-refractivity contribution in [1.29, 1.82) is 0 Å². The van der Waals surface area contributed by atoms with E-state index in [2.05, 4.69) is 63.2 Å². The second kappa shape index (κ2) is 8.86. The molecule has 1 atom stereocenters. The van der Waals surface area contributed by atoms with E-state index in [0.29, 0.717) is 12.0 Å². The van der Waals surface area contributed by atoms with Gasteiger partial charge in [-0.2, -0.15) is 0 Å². The van der Waals surface area contributed by atoms with E-state index in [-0.39, 0.29) is 0 Å². The number of rotatable bonds is 5. The van der Waals surface area contributed by atoms with Gasteiger partial charge in [0.2, 0.25) is 0 Å². The predicted octanol–water partition coefficient (Wildman–Crippen LogP) is 5.34. The summed E-state index contributed by atoms with van der Waals surface area (Å²) in [4.78, 5) is 7.12. The number of likely N-dealkylation sites (tertiary alicyclic amines) is 1. The largest absolute Gasteiger partial charge is 0.353 e. The first-order valence-corrected chi connectivity index (χ1v) is 8.39. The Morgan fingerprint density at radius 1 is 1.38 bits per heavy atom. The van der Waals surface area contributed by atoms with Crippen LogP contribution < -0.4 is 0 Å². The Hall–Kier alpha value is -1.31. The molecule has 21 heavy (non-hydrogen) atoms. The molecule has 0 amide bonds. The molecule has 0 saturated carbocycles. The van der Waals surface area contributed by atoms with Crippen molar-refractivity contribution in [2.75, 3.05) is 6.54 Å². The second-order valence-corrected chi connectivity index (χ2v) is 6.10. The molecule has 2 heteroatoms. The van der Waals surface area contributed by atoms with Gasteiger partial charge in [0.05, 0.1) is 0 Å². The number of piperidine rings is 1. The van der Waals surface area contributed by atoms with Gasteiger partial charge < -0.3 is 4.90 Å². The summed E-state index contributed by atoms with van der Waals surface area (Å²) in [6.45, 7) is 16.1. The van der Waals surface area contributed by atoms with E-state index in [1.165, 1.54) is 30.4 Å². The van der Waals surface area contributed by atoms with Crippen molar-refractivity contribution in [3.05, 3.63) is 36.1 Å². The summed E-state index contributed by atoms with van der Waals surface area (Å²) in [6.07, 6.45) is 11.1. The van der Waals surface area contributed by atoms with Gasteiger partial charge in [-0.25, -0.2) is 4.99 Å². The standard InChI is InChI=1S/C19H32N2/c1-7-12-18(15(4)5)17(8-2)19(20-9-3)21-14-11-10-13-16(21)6/h8-9,12,15-16H,3,7,10-11,13-14H2,1-2,4-6H3/b17-8+,18-12+,20-19?/t16-/m0/s1. The van der Waals surface area contributed by atoms with Crippen LogP contribution in [0.1, 0.15) is 60.3 Å². The molecule has 1 aliphatic rings. The van der Waals surface area contributed by atoms with Gasteiger partial charge in [-0.3, -0.25) is 0 Å². The lowest BCUT2D eigenvalue weighted by atomic mass is 9.91. The zero-order chi connectivity index (χ0) is 15.8. The number of nitrogens with zero attached hydrogens (tertiary/aromatic N) is 2. The van der Waals surface area contributed by atoms with Crippen LogP contribution in [0.25, 0.3) is 0 Å². The fraction of sp³-hybridized carbons (Fsp3) is 0.632. The van der Waals surface area contributed by atoms with E-state index in [0.717, 1.165) is 18.8 Å². The molecule has 0 aliphatic carbocycles. The highest BCUT2D eigenvalue weighted by Gasteiger charge is 2.25. The van der Waals surface area contributed by atoms with Crippen LogP contribution in [-0.2, 0) is 0 Å². The maximum atomic E-state index is 4.65. The predicted molar refractivity (Wildman–Crippen MR) is 94.6 cm³/mol. The maximum absolute atomic E-state index is 4.65. The van der Waals surface area contributed by atoms with Crippen molar-refractivity contribution < 1.29 is 0 Å². The van der Waals surface area contributed by atoms with Crippen LogP contribution in [0.2, 0.25) is 0 Å². The lowest BCUT2D eigenvalue weighted by molar-refractivity contribution is 0.258. The minimum Gasteiger partial charge on any atom is -0.353 e. The molecule has 0 bridgehead atoms. The first-order chi connectivity index (χ1) is 10.1. The zero-order valence-corrected chi connectivity index (χ0v) is 14.5. The molecule has 0 aromatic carbocycles. The van der Waals surface area contributed by atoms with Crippen LogP contribution in [0.3, 0.4) is 0 Å². The van der Waals surface area contributed by atoms with Gasteiger partial charge in [0.15, 0.2) is 0 Å². The molecule has 1 heterocycles. The highest BCUT2D eigenvalue weighted by Crippen LogP contribution is 2.27. The zero-order valence-electron chi connectivity index (χ0n) is 14.5. The SMILES string of the molecule is C=CN=C(C(=C/C)/C(=C/CC)C(C)C)N1CCCC[C@@H]1C. The van der Waals surface area contributed by atoms with E-state index < -0.39 is 0 Å². The van der Waals surface area contributed by atoms with Gasteiger partial charge in [-0.05, 0) is 51.0 Å². The van der Waals surface area contributed by atoms with E-state index in [4.69, 9.17) is 0 Å². The van der Waals surface area contributed by atoms with Crippen LogP contribution in [0.5, 0.6) is 0 Å². The number of aliphatic imine (C=N–C) groups is 1. The Labute approximate surface area is 131 Å². The van der Waals surface area contributed by atoms with E-state index in [1.807, 2.05) is 0 Å². The summed E-state index contributed by atoms with van der Waals surface area (Å²) in [5.74, 6) is 1.61.